The molecule has 0 aromatic rings. The van der Waals surface area contributed by atoms with Gasteiger partial charge in [-0.2, -0.15) is 0 Å². The quantitative estimate of drug-likeness (QED) is 0.182. The van der Waals surface area contributed by atoms with Crippen LogP contribution in [0.3, 0.4) is 0 Å². The van der Waals surface area contributed by atoms with Gasteiger partial charge in [0.25, 0.3) is 0 Å². The van der Waals surface area contributed by atoms with E-state index in [0.717, 1.165) is 64.2 Å². The predicted octanol–water partition coefficient (Wildman–Crippen LogP) is 5.35. The molecule has 5 rings (SSSR count). The number of aliphatic carboxylic acids is 1. The maximum atomic E-state index is 11.4. The Morgan fingerprint density at radius 2 is 1.59 bits per heavy atom. The monoisotopic (exact) mass is 526 g/mol. The van der Waals surface area contributed by atoms with E-state index >= 15 is 0 Å². The van der Waals surface area contributed by atoms with Crippen LogP contribution in [0.4, 0.5) is 0 Å². The summed E-state index contributed by atoms with van der Waals surface area (Å²) in [5.41, 5.74) is -0.538. The molecule has 1 N–H and O–H groups in total. The van der Waals surface area contributed by atoms with E-state index < -0.39 is 29.6 Å². The van der Waals surface area contributed by atoms with Crippen molar-refractivity contribution in [3.63, 3.8) is 0 Å². The third-order valence-corrected chi connectivity index (χ3v) is 8.97. The molecule has 0 aromatic carbocycles. The molecule has 0 unspecified atom stereocenters. The number of esters is 1. The molecule has 8 atom stereocenters. The summed E-state index contributed by atoms with van der Waals surface area (Å²) >= 11 is 0. The fourth-order valence-corrected chi connectivity index (χ4v) is 6.82. The molecule has 37 heavy (non-hydrogen) atoms. The van der Waals surface area contributed by atoms with Crippen LogP contribution in [0, 0.1) is 23.7 Å². The average molecular weight is 527 g/mol. The normalized spacial score (nSPS) is 38.6. The predicted molar refractivity (Wildman–Crippen MR) is 133 cm³/mol. The summed E-state index contributed by atoms with van der Waals surface area (Å²) in [6, 6.07) is 0. The van der Waals surface area contributed by atoms with Crippen LogP contribution < -0.4 is 0 Å². The van der Waals surface area contributed by atoms with Crippen LogP contribution in [0.5, 0.6) is 0 Å². The smallest absolute Gasteiger partial charge is 0.306 e. The van der Waals surface area contributed by atoms with Crippen molar-refractivity contribution in [2.75, 3.05) is 13.2 Å². The van der Waals surface area contributed by atoms with E-state index in [1.54, 1.807) is 0 Å². The van der Waals surface area contributed by atoms with Gasteiger partial charge in [0.05, 0.1) is 19.4 Å². The van der Waals surface area contributed by atoms with Gasteiger partial charge in [-0.3, -0.25) is 9.59 Å². The van der Waals surface area contributed by atoms with Crippen molar-refractivity contribution in [3.8, 4) is 0 Å². The first-order valence-corrected chi connectivity index (χ1v) is 14.4. The van der Waals surface area contributed by atoms with E-state index in [9.17, 15) is 9.59 Å². The Labute approximate surface area is 220 Å². The van der Waals surface area contributed by atoms with E-state index in [4.69, 9.17) is 33.8 Å². The summed E-state index contributed by atoms with van der Waals surface area (Å²) in [6.45, 7) is 7.53. The molecule has 1 aliphatic carbocycles. The van der Waals surface area contributed by atoms with Crippen molar-refractivity contribution >= 4 is 11.9 Å². The Kier molecular flexibility index (Phi) is 9.89. The molecular weight excluding hydrogens is 480 g/mol. The van der Waals surface area contributed by atoms with Crippen molar-refractivity contribution in [3.05, 3.63) is 0 Å². The molecule has 4 saturated heterocycles. The third-order valence-electron chi connectivity index (χ3n) is 8.97. The summed E-state index contributed by atoms with van der Waals surface area (Å²) in [4.78, 5) is 33.9. The van der Waals surface area contributed by atoms with Crippen LogP contribution in [-0.4, -0.2) is 54.2 Å². The lowest BCUT2D eigenvalue weighted by Gasteiger charge is -2.60. The Bertz CT molecular complexity index is 775. The van der Waals surface area contributed by atoms with E-state index in [0.29, 0.717) is 25.0 Å². The van der Waals surface area contributed by atoms with Crippen molar-refractivity contribution in [2.45, 2.75) is 128 Å². The first-order chi connectivity index (χ1) is 17.7. The first-order valence-electron chi connectivity index (χ1n) is 14.4. The lowest BCUT2D eigenvalue weighted by atomic mass is 9.58. The highest BCUT2D eigenvalue weighted by Gasteiger charge is 2.69. The standard InChI is InChI=1S/C28H46O9/c1-19-11-12-22-20(2)25(34-26-28(22)21(19)15-16-27(3,35-26)36-37-28)33-18-10-8-6-4-5-7-9-17-32-24(31)14-13-23(29)30/h19-22,25-26H,4-18H2,1-3H3,(H,29,30)/t19-,20-,21+,22+,25+,26-,27-,28-/m1/s1. The fraction of sp³-hybridized carbons (Fsp3) is 0.929. The first kappa shape index (κ1) is 28.7. The molecule has 4 aliphatic heterocycles. The Hall–Kier alpha value is -1.26. The van der Waals surface area contributed by atoms with E-state index in [1.165, 1.54) is 6.42 Å². The Morgan fingerprint density at radius 3 is 2.32 bits per heavy atom. The average Bonchev–Trinajstić information content (AvgIpc) is 3.09. The molecule has 5 aliphatic rings. The van der Waals surface area contributed by atoms with Gasteiger partial charge in [-0.1, -0.05) is 46.0 Å². The molecule has 1 spiro atoms. The van der Waals surface area contributed by atoms with Crippen LogP contribution in [0.15, 0.2) is 0 Å². The molecule has 0 radical (unpaired) electrons. The van der Waals surface area contributed by atoms with Crippen molar-refractivity contribution in [2.24, 2.45) is 23.7 Å². The fourth-order valence-electron chi connectivity index (χ4n) is 6.82. The maximum Gasteiger partial charge on any atom is 0.306 e. The number of rotatable bonds is 14. The lowest BCUT2D eigenvalue weighted by Crippen LogP contribution is -2.70. The zero-order chi connectivity index (χ0) is 26.5. The highest BCUT2D eigenvalue weighted by molar-refractivity contribution is 5.76. The van der Waals surface area contributed by atoms with E-state index in [-0.39, 0.29) is 31.0 Å². The van der Waals surface area contributed by atoms with Crippen LogP contribution in [0.1, 0.15) is 104 Å². The number of unbranched alkanes of at least 4 members (excludes halogenated alkanes) is 6. The van der Waals surface area contributed by atoms with Gasteiger partial charge in [0.1, 0.15) is 0 Å². The molecule has 4 heterocycles. The van der Waals surface area contributed by atoms with Crippen LogP contribution in [0.2, 0.25) is 0 Å². The lowest BCUT2D eigenvalue weighted by molar-refractivity contribution is -0.577. The molecule has 0 aromatic heterocycles. The van der Waals surface area contributed by atoms with E-state index in [1.807, 2.05) is 6.92 Å². The van der Waals surface area contributed by atoms with Crippen molar-refractivity contribution in [1.29, 1.82) is 0 Å². The van der Waals surface area contributed by atoms with Crippen LogP contribution in [0.25, 0.3) is 0 Å². The Morgan fingerprint density at radius 1 is 0.892 bits per heavy atom. The number of ether oxygens (including phenoxy) is 4. The molecular formula is C28H46O9. The SMILES string of the molecule is C[C@H]1[C@@H](OCCCCCCCCCOC(=O)CCC(=O)O)O[C@@H]2O[C@@]3(C)CC[C@H]4[C@H](C)CC[C@@H]1[C@@]24OO3. The van der Waals surface area contributed by atoms with Gasteiger partial charge in [-0.15, -0.1) is 0 Å². The molecule has 2 bridgehead atoms. The minimum Gasteiger partial charge on any atom is -0.481 e. The number of carbonyl (C=O) groups excluding carboxylic acids is 1. The number of hydrogen-bond acceptors (Lipinski definition) is 8. The van der Waals surface area contributed by atoms with E-state index in [2.05, 4.69) is 13.8 Å². The number of hydrogen-bond donors (Lipinski definition) is 1. The summed E-state index contributed by atoms with van der Waals surface area (Å²) in [7, 11) is 0. The van der Waals surface area contributed by atoms with Gasteiger partial charge in [0, 0.05) is 24.9 Å². The van der Waals surface area contributed by atoms with Crippen LogP contribution in [-0.2, 0) is 38.3 Å². The molecule has 212 valence electrons. The summed E-state index contributed by atoms with van der Waals surface area (Å²) in [5.74, 6) is -0.750. The third kappa shape index (κ3) is 6.67. The van der Waals surface area contributed by atoms with Gasteiger partial charge in [0.2, 0.25) is 5.79 Å². The van der Waals surface area contributed by atoms with Gasteiger partial charge < -0.3 is 24.1 Å². The van der Waals surface area contributed by atoms with Crippen LogP contribution >= 0.6 is 0 Å². The second kappa shape index (κ2) is 12.7. The van der Waals surface area contributed by atoms with Gasteiger partial charge in [-0.25, -0.2) is 9.78 Å². The zero-order valence-electron chi connectivity index (χ0n) is 22.8. The summed E-state index contributed by atoms with van der Waals surface area (Å²) < 4.78 is 24.2. The largest absolute Gasteiger partial charge is 0.481 e. The highest BCUT2D eigenvalue weighted by Crippen LogP contribution is 2.60. The molecule has 0 amide bonds. The van der Waals surface area contributed by atoms with Crippen molar-refractivity contribution < 1.29 is 43.4 Å². The maximum absolute atomic E-state index is 11.4. The summed E-state index contributed by atoms with van der Waals surface area (Å²) in [5, 5.41) is 8.57. The molecule has 5 fully saturated rings. The molecule has 9 heteroatoms. The minimum absolute atomic E-state index is 0.0570. The second-order valence-electron chi connectivity index (χ2n) is 11.7. The minimum atomic E-state index is -0.979. The zero-order valence-corrected chi connectivity index (χ0v) is 22.8. The molecule has 9 nitrogen and oxygen atoms in total. The van der Waals surface area contributed by atoms with Gasteiger partial charge in [0.15, 0.2) is 18.2 Å². The topological polar surface area (TPSA) is 110 Å². The van der Waals surface area contributed by atoms with Crippen molar-refractivity contribution in [1.82, 2.24) is 0 Å². The second-order valence-corrected chi connectivity index (χ2v) is 11.7. The number of carboxylic acids is 1. The number of carbonyl (C=O) groups is 2. The molecule has 1 saturated carbocycles. The number of fused-ring (bicyclic) bond motifs is 2. The highest BCUT2D eigenvalue weighted by atomic mass is 17.3. The Balaban J connectivity index is 1.11. The summed E-state index contributed by atoms with van der Waals surface area (Å²) in [6.07, 6.45) is 10.4. The van der Waals surface area contributed by atoms with Gasteiger partial charge in [-0.05, 0) is 50.9 Å². The number of carboxylic acid groups (broad SMARTS) is 1. The van der Waals surface area contributed by atoms with Gasteiger partial charge >= 0.3 is 11.9 Å².